The Labute approximate surface area is 229 Å². The lowest BCUT2D eigenvalue weighted by Gasteiger charge is -2.37. The zero-order valence-electron chi connectivity index (χ0n) is 21.1. The van der Waals surface area contributed by atoms with Gasteiger partial charge >= 0.3 is 0 Å². The Kier molecular flexibility index (Phi) is 5.19. The minimum absolute atomic E-state index is 0.114. The van der Waals surface area contributed by atoms with Crippen LogP contribution in [0.1, 0.15) is 48.1 Å². The van der Waals surface area contributed by atoms with Crippen LogP contribution in [0, 0.1) is 15.5 Å². The lowest BCUT2D eigenvalue weighted by atomic mass is 9.64. The van der Waals surface area contributed by atoms with Crippen LogP contribution in [0.2, 0.25) is 0 Å². The Morgan fingerprint density at radius 2 is 1.38 bits per heavy atom. The third-order valence-corrected chi connectivity index (χ3v) is 8.50. The van der Waals surface area contributed by atoms with Crippen LogP contribution in [0.25, 0.3) is 6.08 Å². The van der Waals surface area contributed by atoms with Crippen LogP contribution in [0.5, 0.6) is 0 Å². The standard InChI is InChI=1S/C33H22N2O5/c36-30(22-9-2-1-3-10-22)29-28(21-14-17-23(18-15-21)35(39)40)33(31(37)24-11-5-6-12-25(24)32(33)38)27-19-16-20-8-4-7-13-26(20)34(27)29/h1-19,27-29H/t27-,28-,29+/m0/s1. The summed E-state index contributed by atoms with van der Waals surface area (Å²) in [7, 11) is 0. The van der Waals surface area contributed by atoms with Crippen molar-refractivity contribution in [1.29, 1.82) is 0 Å². The molecule has 7 nitrogen and oxygen atoms in total. The third kappa shape index (κ3) is 3.09. The molecule has 3 aliphatic rings. The number of hydrogen-bond donors (Lipinski definition) is 0. The topological polar surface area (TPSA) is 97.6 Å². The van der Waals surface area contributed by atoms with Crippen LogP contribution in [-0.2, 0) is 0 Å². The molecule has 4 aromatic carbocycles. The maximum absolute atomic E-state index is 14.6. The second kappa shape index (κ2) is 8.68. The van der Waals surface area contributed by atoms with E-state index >= 15 is 0 Å². The fourth-order valence-electron chi connectivity index (χ4n) is 6.87. The summed E-state index contributed by atoms with van der Waals surface area (Å²) < 4.78 is 0. The quantitative estimate of drug-likeness (QED) is 0.142. The van der Waals surface area contributed by atoms with Gasteiger partial charge in [-0.25, -0.2) is 0 Å². The molecule has 0 amide bonds. The van der Waals surface area contributed by atoms with Crippen molar-refractivity contribution >= 4 is 34.8 Å². The molecule has 1 aliphatic carbocycles. The molecule has 40 heavy (non-hydrogen) atoms. The Bertz CT molecular complexity index is 1720. The van der Waals surface area contributed by atoms with Gasteiger partial charge in [-0.3, -0.25) is 24.5 Å². The van der Waals surface area contributed by atoms with Gasteiger partial charge in [-0.2, -0.15) is 0 Å². The highest BCUT2D eigenvalue weighted by Gasteiger charge is 2.71. The number of para-hydroxylation sites is 1. The van der Waals surface area contributed by atoms with Crippen LogP contribution < -0.4 is 4.90 Å². The number of carbonyl (C=O) groups is 3. The molecule has 0 saturated carbocycles. The van der Waals surface area contributed by atoms with E-state index in [9.17, 15) is 24.5 Å². The van der Waals surface area contributed by atoms with Gasteiger partial charge in [-0.05, 0) is 17.2 Å². The van der Waals surface area contributed by atoms with Gasteiger partial charge in [0.15, 0.2) is 17.3 Å². The summed E-state index contributed by atoms with van der Waals surface area (Å²) in [4.78, 5) is 56.5. The molecule has 4 aromatic rings. The van der Waals surface area contributed by atoms with E-state index in [0.29, 0.717) is 22.3 Å². The van der Waals surface area contributed by atoms with Crippen molar-refractivity contribution in [3.05, 3.63) is 147 Å². The molecule has 194 valence electrons. The Balaban J connectivity index is 1.54. The van der Waals surface area contributed by atoms with Gasteiger partial charge in [-0.15, -0.1) is 0 Å². The first-order valence-electron chi connectivity index (χ1n) is 13.0. The molecule has 0 unspecified atom stereocenters. The average molecular weight is 527 g/mol. The number of fused-ring (bicyclic) bond motifs is 5. The Morgan fingerprint density at radius 3 is 2.02 bits per heavy atom. The molecule has 0 radical (unpaired) electrons. The predicted molar refractivity (Wildman–Crippen MR) is 150 cm³/mol. The lowest BCUT2D eigenvalue weighted by molar-refractivity contribution is -0.384. The molecule has 0 aromatic heterocycles. The SMILES string of the molecule is O=C(c1ccccc1)[C@H]1[C@H](c2ccc([N+](=O)[O-])cc2)C2(C(=O)c3ccccc3C2=O)[C@@H]2C=Cc3ccccc3N21. The molecule has 0 bridgehead atoms. The van der Waals surface area contributed by atoms with Crippen molar-refractivity contribution in [2.45, 2.75) is 18.0 Å². The second-order valence-electron chi connectivity index (χ2n) is 10.3. The van der Waals surface area contributed by atoms with Crippen LogP contribution in [0.3, 0.4) is 0 Å². The number of rotatable bonds is 4. The van der Waals surface area contributed by atoms with Crippen LogP contribution in [0.4, 0.5) is 11.4 Å². The number of hydrogen-bond acceptors (Lipinski definition) is 6. The van der Waals surface area contributed by atoms with E-state index in [4.69, 9.17) is 0 Å². The Morgan fingerprint density at radius 1 is 0.775 bits per heavy atom. The summed E-state index contributed by atoms with van der Waals surface area (Å²) >= 11 is 0. The molecule has 0 N–H and O–H groups in total. The molecule has 1 saturated heterocycles. The van der Waals surface area contributed by atoms with Crippen molar-refractivity contribution in [3.63, 3.8) is 0 Å². The number of ketones is 3. The molecule has 3 atom stereocenters. The first kappa shape index (κ1) is 23.9. The number of Topliss-reactive ketones (excluding diaryl/α,β-unsaturated/α-hetero) is 3. The fourth-order valence-corrected chi connectivity index (χ4v) is 6.87. The average Bonchev–Trinajstić information content (AvgIpc) is 3.43. The number of benzene rings is 4. The molecular formula is C33H22N2O5. The van der Waals surface area contributed by atoms with E-state index in [1.807, 2.05) is 47.4 Å². The number of nitrogens with zero attached hydrogens (tertiary/aromatic N) is 2. The maximum atomic E-state index is 14.6. The highest BCUT2D eigenvalue weighted by molar-refractivity contribution is 6.32. The largest absolute Gasteiger partial charge is 0.352 e. The van der Waals surface area contributed by atoms with Crippen molar-refractivity contribution in [2.24, 2.45) is 5.41 Å². The number of nitro groups is 1. The number of non-ortho nitro benzene ring substituents is 1. The summed E-state index contributed by atoms with van der Waals surface area (Å²) in [6.45, 7) is 0. The molecule has 2 heterocycles. The summed E-state index contributed by atoms with van der Waals surface area (Å²) in [6, 6.07) is 27.5. The van der Waals surface area contributed by atoms with Crippen molar-refractivity contribution in [1.82, 2.24) is 0 Å². The first-order chi connectivity index (χ1) is 19.4. The monoisotopic (exact) mass is 526 g/mol. The summed E-state index contributed by atoms with van der Waals surface area (Å²) in [5, 5.41) is 11.5. The maximum Gasteiger partial charge on any atom is 0.269 e. The molecule has 7 rings (SSSR count). The molecular weight excluding hydrogens is 504 g/mol. The van der Waals surface area contributed by atoms with Crippen LogP contribution in [0.15, 0.2) is 109 Å². The number of carbonyl (C=O) groups excluding carboxylic acids is 3. The minimum Gasteiger partial charge on any atom is -0.352 e. The minimum atomic E-state index is -1.64. The molecule has 2 aliphatic heterocycles. The summed E-state index contributed by atoms with van der Waals surface area (Å²) in [5.74, 6) is -1.81. The van der Waals surface area contributed by atoms with E-state index in [0.717, 1.165) is 11.3 Å². The van der Waals surface area contributed by atoms with Gasteiger partial charge in [-0.1, -0.05) is 97.1 Å². The van der Waals surface area contributed by atoms with Gasteiger partial charge in [0.25, 0.3) is 5.69 Å². The molecule has 7 heteroatoms. The number of nitro benzene ring substituents is 1. The van der Waals surface area contributed by atoms with E-state index in [-0.39, 0.29) is 23.0 Å². The van der Waals surface area contributed by atoms with Gasteiger partial charge < -0.3 is 4.90 Å². The predicted octanol–water partition coefficient (Wildman–Crippen LogP) is 5.91. The van der Waals surface area contributed by atoms with Crippen molar-refractivity contribution in [3.8, 4) is 0 Å². The zero-order valence-corrected chi connectivity index (χ0v) is 21.1. The van der Waals surface area contributed by atoms with E-state index in [1.54, 1.807) is 60.7 Å². The fraction of sp³-hybridized carbons (Fsp3) is 0.121. The zero-order chi connectivity index (χ0) is 27.6. The smallest absolute Gasteiger partial charge is 0.269 e. The summed E-state index contributed by atoms with van der Waals surface area (Å²) in [5.41, 5.74) is 1.52. The van der Waals surface area contributed by atoms with Crippen molar-refractivity contribution < 1.29 is 19.3 Å². The van der Waals surface area contributed by atoms with Crippen molar-refractivity contribution in [2.75, 3.05) is 4.90 Å². The summed E-state index contributed by atoms with van der Waals surface area (Å²) in [6.07, 6.45) is 3.77. The van der Waals surface area contributed by atoms with Gasteiger partial charge in [0.05, 0.1) is 11.0 Å². The first-order valence-corrected chi connectivity index (χ1v) is 13.0. The second-order valence-corrected chi connectivity index (χ2v) is 10.3. The lowest BCUT2D eigenvalue weighted by Crippen LogP contribution is -2.48. The highest BCUT2D eigenvalue weighted by atomic mass is 16.6. The van der Waals surface area contributed by atoms with Gasteiger partial charge in [0.2, 0.25) is 0 Å². The van der Waals surface area contributed by atoms with Crippen LogP contribution >= 0.6 is 0 Å². The van der Waals surface area contributed by atoms with Gasteiger partial charge in [0, 0.05) is 40.4 Å². The normalized spacial score (nSPS) is 21.7. The molecule has 1 fully saturated rings. The Hall–Kier alpha value is -5.17. The van der Waals surface area contributed by atoms with Crippen LogP contribution in [-0.4, -0.2) is 34.4 Å². The van der Waals surface area contributed by atoms with E-state index < -0.39 is 28.3 Å². The van der Waals surface area contributed by atoms with E-state index in [2.05, 4.69) is 0 Å². The third-order valence-electron chi connectivity index (χ3n) is 8.50. The van der Waals surface area contributed by atoms with E-state index in [1.165, 1.54) is 12.1 Å². The number of anilines is 1. The molecule has 1 spiro atoms. The van der Waals surface area contributed by atoms with Gasteiger partial charge in [0.1, 0.15) is 11.5 Å². The highest BCUT2D eigenvalue weighted by Crippen LogP contribution is 2.61.